The van der Waals surface area contributed by atoms with Crippen LogP contribution in [-0.2, 0) is 11.3 Å². The van der Waals surface area contributed by atoms with E-state index in [0.717, 1.165) is 19.4 Å². The molecule has 0 spiro atoms. The van der Waals surface area contributed by atoms with Crippen LogP contribution in [0.3, 0.4) is 0 Å². The molecule has 0 aliphatic rings. The smallest absolute Gasteiger partial charge is 0.303 e. The van der Waals surface area contributed by atoms with Gasteiger partial charge in [-0.05, 0) is 12.8 Å². The van der Waals surface area contributed by atoms with E-state index in [2.05, 4.69) is 29.6 Å². The van der Waals surface area contributed by atoms with Crippen LogP contribution in [0.2, 0.25) is 0 Å². The summed E-state index contributed by atoms with van der Waals surface area (Å²) in [6, 6.07) is 0. The largest absolute Gasteiger partial charge is 0.481 e. The summed E-state index contributed by atoms with van der Waals surface area (Å²) in [5.74, 6) is -0.655. The van der Waals surface area contributed by atoms with Gasteiger partial charge >= 0.3 is 5.97 Å². The summed E-state index contributed by atoms with van der Waals surface area (Å²) in [5, 5.41) is 8.49. The molecule has 0 aromatic carbocycles. The molecule has 1 rings (SSSR count). The van der Waals surface area contributed by atoms with E-state index in [9.17, 15) is 4.79 Å². The van der Waals surface area contributed by atoms with E-state index >= 15 is 0 Å². The maximum Gasteiger partial charge on any atom is 0.303 e. The van der Waals surface area contributed by atoms with Gasteiger partial charge in [-0.2, -0.15) is 0 Å². The van der Waals surface area contributed by atoms with Crippen molar-refractivity contribution in [2.45, 2.75) is 207 Å². The van der Waals surface area contributed by atoms with Crippen LogP contribution in [0.15, 0.2) is 18.7 Å². The highest BCUT2D eigenvalue weighted by Crippen LogP contribution is 2.14. The molecule has 1 aromatic heterocycles. The molecule has 0 saturated carbocycles. The lowest BCUT2D eigenvalue weighted by molar-refractivity contribution is -0.137. The van der Waals surface area contributed by atoms with Gasteiger partial charge in [0.15, 0.2) is 0 Å². The van der Waals surface area contributed by atoms with Crippen LogP contribution >= 0.6 is 0 Å². The number of carboxylic acid groups (broad SMARTS) is 1. The number of aryl methyl sites for hydroxylation is 1. The van der Waals surface area contributed by atoms with Gasteiger partial charge in [-0.3, -0.25) is 4.79 Å². The van der Waals surface area contributed by atoms with Crippen molar-refractivity contribution in [3.05, 3.63) is 18.7 Å². The number of carbonyl (C=O) groups is 1. The molecular formula is C36H70N2O2. The minimum Gasteiger partial charge on any atom is -0.481 e. The third-order valence-electron chi connectivity index (χ3n) is 8.07. The Morgan fingerprint density at radius 2 is 0.850 bits per heavy atom. The Morgan fingerprint density at radius 3 is 1.15 bits per heavy atom. The number of aromatic nitrogens is 2. The van der Waals surface area contributed by atoms with Gasteiger partial charge in [-0.1, -0.05) is 181 Å². The first-order valence-corrected chi connectivity index (χ1v) is 17.9. The van der Waals surface area contributed by atoms with Crippen LogP contribution in [0.4, 0.5) is 0 Å². The number of hydrogen-bond donors (Lipinski definition) is 1. The zero-order chi connectivity index (χ0) is 29.2. The molecular weight excluding hydrogens is 492 g/mol. The van der Waals surface area contributed by atoms with E-state index in [1.807, 2.05) is 12.5 Å². The number of rotatable bonds is 30. The van der Waals surface area contributed by atoms with E-state index in [0.29, 0.717) is 6.42 Å². The molecule has 1 aromatic rings. The Hall–Kier alpha value is -1.32. The molecule has 0 amide bonds. The average molecular weight is 563 g/mol. The minimum absolute atomic E-state index is 0.345. The van der Waals surface area contributed by atoms with Crippen LogP contribution in [0.25, 0.3) is 0 Å². The number of imidazole rings is 1. The normalized spacial score (nSPS) is 10.9. The third kappa shape index (κ3) is 32.9. The Labute approximate surface area is 250 Å². The average Bonchev–Trinajstić information content (AvgIpc) is 3.47. The van der Waals surface area contributed by atoms with Crippen molar-refractivity contribution in [1.82, 2.24) is 9.55 Å². The molecule has 0 radical (unpaired) electrons. The monoisotopic (exact) mass is 563 g/mol. The zero-order valence-electron chi connectivity index (χ0n) is 27.2. The quantitative estimate of drug-likeness (QED) is 0.0948. The second kappa shape index (κ2) is 33.9. The molecule has 0 atom stereocenters. The highest BCUT2D eigenvalue weighted by Gasteiger charge is 1.97. The molecule has 0 aliphatic carbocycles. The van der Waals surface area contributed by atoms with Gasteiger partial charge in [-0.25, -0.2) is 4.98 Å². The molecule has 0 unspecified atom stereocenters. The Balaban J connectivity index is 0.000000778. The maximum absolute atomic E-state index is 10.3. The highest BCUT2D eigenvalue weighted by atomic mass is 16.4. The molecule has 1 N–H and O–H groups in total. The lowest BCUT2D eigenvalue weighted by atomic mass is 10.0. The topological polar surface area (TPSA) is 55.1 Å². The summed E-state index contributed by atoms with van der Waals surface area (Å²) in [6.45, 7) is 5.69. The molecule has 236 valence electrons. The Kier molecular flexibility index (Phi) is 32.8. The predicted octanol–water partition coefficient (Wildman–Crippen LogP) is 12.3. The summed E-state index contributed by atoms with van der Waals surface area (Å²) in [6.07, 6.45) is 44.6. The van der Waals surface area contributed by atoms with Gasteiger partial charge in [0.25, 0.3) is 0 Å². The zero-order valence-corrected chi connectivity index (χ0v) is 27.2. The second-order valence-corrected chi connectivity index (χ2v) is 12.1. The van der Waals surface area contributed by atoms with Crippen LogP contribution in [0.1, 0.15) is 200 Å². The number of carboxylic acids is 1. The summed E-state index contributed by atoms with van der Waals surface area (Å²) < 4.78 is 2.18. The van der Waals surface area contributed by atoms with Gasteiger partial charge in [0.05, 0.1) is 6.33 Å². The van der Waals surface area contributed by atoms with Crippen molar-refractivity contribution >= 4 is 5.97 Å². The number of unbranched alkanes of at least 4 members (excludes halogenated alkanes) is 26. The lowest BCUT2D eigenvalue weighted by Crippen LogP contribution is -1.93. The van der Waals surface area contributed by atoms with E-state index in [1.54, 1.807) is 0 Å². The van der Waals surface area contributed by atoms with E-state index < -0.39 is 5.97 Å². The van der Waals surface area contributed by atoms with Gasteiger partial charge < -0.3 is 9.67 Å². The lowest BCUT2D eigenvalue weighted by Gasteiger charge is -2.04. The van der Waals surface area contributed by atoms with Crippen LogP contribution in [0.5, 0.6) is 0 Å². The van der Waals surface area contributed by atoms with Crippen molar-refractivity contribution in [3.8, 4) is 0 Å². The van der Waals surface area contributed by atoms with Gasteiger partial charge in [0.2, 0.25) is 0 Å². The molecule has 40 heavy (non-hydrogen) atoms. The van der Waals surface area contributed by atoms with E-state index in [1.165, 1.54) is 167 Å². The highest BCUT2D eigenvalue weighted by molar-refractivity contribution is 5.66. The van der Waals surface area contributed by atoms with Crippen LogP contribution in [0, 0.1) is 0 Å². The molecule has 1 heterocycles. The van der Waals surface area contributed by atoms with Crippen molar-refractivity contribution < 1.29 is 9.90 Å². The summed E-state index contributed by atoms with van der Waals surface area (Å²) >= 11 is 0. The van der Waals surface area contributed by atoms with E-state index in [4.69, 9.17) is 5.11 Å². The fourth-order valence-electron chi connectivity index (χ4n) is 5.38. The summed E-state index contributed by atoms with van der Waals surface area (Å²) in [7, 11) is 0. The standard InChI is InChI=1S/C20H38N2.C16H32O2/c1-2-3-4-5-6-7-8-9-10-11-12-13-14-15-16-18-22-19-17-21-20-22;1-2-3-4-5-6-7-8-9-10-11-12-13-14-15-16(17)18/h17,19-20H,2-16,18H2,1H3;2-15H2,1H3,(H,17,18). The van der Waals surface area contributed by atoms with Gasteiger partial charge in [0, 0.05) is 25.4 Å². The SMILES string of the molecule is CCCCCCCCCCCCCCCC(=O)O.CCCCCCCCCCCCCCCCCn1ccnc1. The first-order chi connectivity index (χ1) is 19.7. The fourth-order valence-corrected chi connectivity index (χ4v) is 5.38. The third-order valence-corrected chi connectivity index (χ3v) is 8.07. The Bertz CT molecular complexity index is 588. The number of aliphatic carboxylic acids is 1. The van der Waals surface area contributed by atoms with Crippen molar-refractivity contribution in [2.24, 2.45) is 0 Å². The van der Waals surface area contributed by atoms with Crippen molar-refractivity contribution in [1.29, 1.82) is 0 Å². The van der Waals surface area contributed by atoms with Crippen LogP contribution < -0.4 is 0 Å². The summed E-state index contributed by atoms with van der Waals surface area (Å²) in [4.78, 5) is 14.4. The number of nitrogens with zero attached hydrogens (tertiary/aromatic N) is 2. The van der Waals surface area contributed by atoms with Crippen molar-refractivity contribution in [3.63, 3.8) is 0 Å². The molecule has 4 nitrogen and oxygen atoms in total. The van der Waals surface area contributed by atoms with Crippen LogP contribution in [-0.4, -0.2) is 20.6 Å². The number of hydrogen-bond acceptors (Lipinski definition) is 2. The van der Waals surface area contributed by atoms with Crippen molar-refractivity contribution in [2.75, 3.05) is 0 Å². The first kappa shape index (κ1) is 38.7. The molecule has 0 fully saturated rings. The molecule has 0 aliphatic heterocycles. The fraction of sp³-hybridized carbons (Fsp3) is 0.889. The molecule has 0 saturated heterocycles. The maximum atomic E-state index is 10.3. The predicted molar refractivity (Wildman–Crippen MR) is 175 cm³/mol. The van der Waals surface area contributed by atoms with E-state index in [-0.39, 0.29) is 0 Å². The second-order valence-electron chi connectivity index (χ2n) is 12.1. The van der Waals surface area contributed by atoms with Gasteiger partial charge in [0.1, 0.15) is 0 Å². The van der Waals surface area contributed by atoms with Gasteiger partial charge in [-0.15, -0.1) is 0 Å². The minimum atomic E-state index is -0.655. The first-order valence-electron chi connectivity index (χ1n) is 17.9. The molecule has 0 bridgehead atoms. The molecule has 4 heteroatoms. The Morgan fingerprint density at radius 1 is 0.525 bits per heavy atom. The summed E-state index contributed by atoms with van der Waals surface area (Å²) in [5.41, 5.74) is 0.